The van der Waals surface area contributed by atoms with Crippen molar-refractivity contribution in [1.82, 2.24) is 4.57 Å². The van der Waals surface area contributed by atoms with E-state index in [2.05, 4.69) is 132 Å². The lowest BCUT2D eigenvalue weighted by molar-refractivity contribution is 1.18. The van der Waals surface area contributed by atoms with Crippen LogP contribution in [0.5, 0.6) is 0 Å². The van der Waals surface area contributed by atoms with Gasteiger partial charge in [-0.25, -0.2) is 0 Å². The van der Waals surface area contributed by atoms with E-state index in [1.807, 2.05) is 48.5 Å². The molecular weight excluding hydrogens is 595 g/mol. The van der Waals surface area contributed by atoms with Gasteiger partial charge in [0, 0.05) is 16.3 Å². The van der Waals surface area contributed by atoms with Gasteiger partial charge in [-0.1, -0.05) is 115 Å². The number of nitriles is 2. The van der Waals surface area contributed by atoms with Crippen molar-refractivity contribution in [2.45, 2.75) is 0 Å². The van der Waals surface area contributed by atoms with E-state index in [9.17, 15) is 10.5 Å². The maximum absolute atomic E-state index is 10.0. The Labute approximate surface area is 283 Å². The summed E-state index contributed by atoms with van der Waals surface area (Å²) in [5.41, 5.74) is 11.0. The lowest BCUT2D eigenvalue weighted by atomic mass is 9.85. The highest BCUT2D eigenvalue weighted by atomic mass is 15.0. The summed E-state index contributed by atoms with van der Waals surface area (Å²) in [5.74, 6) is 0. The van der Waals surface area contributed by atoms with Crippen molar-refractivity contribution in [3.05, 3.63) is 175 Å². The summed E-state index contributed by atoms with van der Waals surface area (Å²) in [4.78, 5) is 0. The molecule has 0 atom stereocenters. The van der Waals surface area contributed by atoms with Crippen LogP contribution in [0.3, 0.4) is 0 Å². The average molecular weight is 622 g/mol. The molecule has 0 radical (unpaired) electrons. The normalized spacial score (nSPS) is 11.2. The number of hydrogen-bond acceptors (Lipinski definition) is 2. The molecule has 3 nitrogen and oxygen atoms in total. The summed E-state index contributed by atoms with van der Waals surface area (Å²) in [6, 6.07) is 61.5. The van der Waals surface area contributed by atoms with E-state index in [1.165, 1.54) is 38.2 Å². The first kappa shape index (κ1) is 28.3. The molecule has 0 saturated carbocycles. The minimum atomic E-state index is 0.597. The van der Waals surface area contributed by atoms with Gasteiger partial charge in [-0.15, -0.1) is 0 Å². The SMILES string of the molecule is N#Cc1ccc(-n2c3ccccc3c3cc(C#N)ccc32)c(-c2cccc(-c3c4ccccc4c(-c4ccccc4)c4ccccc34)c2)c1. The molecule has 0 spiro atoms. The summed E-state index contributed by atoms with van der Waals surface area (Å²) in [7, 11) is 0. The van der Waals surface area contributed by atoms with E-state index in [0.29, 0.717) is 11.1 Å². The summed E-state index contributed by atoms with van der Waals surface area (Å²) < 4.78 is 2.26. The van der Waals surface area contributed by atoms with Gasteiger partial charge in [0.15, 0.2) is 0 Å². The first-order chi connectivity index (χ1) is 24.2. The van der Waals surface area contributed by atoms with Crippen LogP contribution in [0.2, 0.25) is 0 Å². The maximum atomic E-state index is 10.0. The van der Waals surface area contributed by atoms with Crippen molar-refractivity contribution in [3.8, 4) is 51.2 Å². The van der Waals surface area contributed by atoms with Crippen molar-refractivity contribution in [1.29, 1.82) is 10.5 Å². The molecule has 1 aromatic heterocycles. The Balaban J connectivity index is 1.32. The molecule has 0 N–H and O–H groups in total. The summed E-state index contributed by atoms with van der Waals surface area (Å²) in [6.07, 6.45) is 0. The Morgan fingerprint density at radius 1 is 0.367 bits per heavy atom. The minimum absolute atomic E-state index is 0.597. The highest BCUT2D eigenvalue weighted by Gasteiger charge is 2.19. The molecule has 0 aliphatic carbocycles. The van der Waals surface area contributed by atoms with Crippen LogP contribution >= 0.6 is 0 Å². The smallest absolute Gasteiger partial charge is 0.0991 e. The van der Waals surface area contributed by atoms with Crippen molar-refractivity contribution >= 4 is 43.4 Å². The standard InChI is InChI=1S/C46H27N3/c47-28-30-21-23-43(49-42-20-9-8-15-35(42)41-26-31(29-48)22-24-44(41)49)40(25-30)33-13-10-14-34(27-33)46-38-18-6-4-16-36(38)45(32-11-2-1-3-12-32)37-17-5-7-19-39(37)46/h1-27H. The zero-order valence-corrected chi connectivity index (χ0v) is 26.4. The molecule has 0 unspecified atom stereocenters. The highest BCUT2D eigenvalue weighted by Crippen LogP contribution is 2.45. The Hall–Kier alpha value is -6.94. The second kappa shape index (κ2) is 11.4. The number of rotatable bonds is 4. The zero-order valence-electron chi connectivity index (χ0n) is 26.4. The molecule has 9 rings (SSSR count). The maximum Gasteiger partial charge on any atom is 0.0991 e. The molecule has 8 aromatic carbocycles. The summed E-state index contributed by atoms with van der Waals surface area (Å²) in [6.45, 7) is 0. The van der Waals surface area contributed by atoms with Gasteiger partial charge in [0.05, 0.1) is 40.0 Å². The lowest BCUT2D eigenvalue weighted by Gasteiger charge is -2.19. The van der Waals surface area contributed by atoms with Gasteiger partial charge in [-0.05, 0) is 97.9 Å². The van der Waals surface area contributed by atoms with Crippen molar-refractivity contribution in [2.75, 3.05) is 0 Å². The van der Waals surface area contributed by atoms with Crippen molar-refractivity contribution in [2.24, 2.45) is 0 Å². The van der Waals surface area contributed by atoms with Crippen LogP contribution in [0.4, 0.5) is 0 Å². The fourth-order valence-electron chi connectivity index (χ4n) is 7.53. The number of benzene rings is 8. The van der Waals surface area contributed by atoms with Gasteiger partial charge in [0.2, 0.25) is 0 Å². The number of fused-ring (bicyclic) bond motifs is 5. The van der Waals surface area contributed by atoms with E-state index in [4.69, 9.17) is 0 Å². The van der Waals surface area contributed by atoms with Crippen LogP contribution in [-0.2, 0) is 0 Å². The first-order valence-corrected chi connectivity index (χ1v) is 16.3. The fourth-order valence-corrected chi connectivity index (χ4v) is 7.53. The Morgan fingerprint density at radius 2 is 0.878 bits per heavy atom. The largest absolute Gasteiger partial charge is 0.309 e. The third-order valence-corrected chi connectivity index (χ3v) is 9.62. The van der Waals surface area contributed by atoms with Gasteiger partial charge in [0.25, 0.3) is 0 Å². The van der Waals surface area contributed by atoms with Crippen LogP contribution in [0.15, 0.2) is 164 Å². The predicted molar refractivity (Wildman–Crippen MR) is 202 cm³/mol. The number of para-hydroxylation sites is 1. The van der Waals surface area contributed by atoms with E-state index in [-0.39, 0.29) is 0 Å². The first-order valence-electron chi connectivity index (χ1n) is 16.3. The Morgan fingerprint density at radius 3 is 1.55 bits per heavy atom. The summed E-state index contributed by atoms with van der Waals surface area (Å²) >= 11 is 0. The molecule has 0 aliphatic rings. The Kier molecular flexibility index (Phi) is 6.58. The van der Waals surface area contributed by atoms with Gasteiger partial charge in [-0.3, -0.25) is 0 Å². The number of aromatic nitrogens is 1. The summed E-state index contributed by atoms with van der Waals surface area (Å²) in [5, 5.41) is 26.6. The topological polar surface area (TPSA) is 52.5 Å². The molecule has 1 heterocycles. The third kappa shape index (κ3) is 4.49. The molecule has 226 valence electrons. The zero-order chi connectivity index (χ0) is 32.9. The lowest BCUT2D eigenvalue weighted by Crippen LogP contribution is -1.98. The quantitative estimate of drug-likeness (QED) is 0.184. The molecule has 0 bridgehead atoms. The molecular formula is C46H27N3. The highest BCUT2D eigenvalue weighted by molar-refractivity contribution is 6.21. The van der Waals surface area contributed by atoms with Crippen molar-refractivity contribution < 1.29 is 0 Å². The van der Waals surface area contributed by atoms with E-state index < -0.39 is 0 Å². The second-order valence-corrected chi connectivity index (χ2v) is 12.3. The number of nitrogens with zero attached hydrogens (tertiary/aromatic N) is 3. The molecule has 0 fully saturated rings. The van der Waals surface area contributed by atoms with E-state index in [0.717, 1.165) is 44.2 Å². The predicted octanol–water partition coefficient (Wildman–Crippen LogP) is 11.8. The van der Waals surface area contributed by atoms with Gasteiger partial charge >= 0.3 is 0 Å². The fraction of sp³-hybridized carbons (Fsp3) is 0. The number of hydrogen-bond donors (Lipinski definition) is 0. The van der Waals surface area contributed by atoms with Gasteiger partial charge in [0.1, 0.15) is 0 Å². The Bertz CT molecular complexity index is 2790. The van der Waals surface area contributed by atoms with Crippen LogP contribution in [0.1, 0.15) is 11.1 Å². The molecule has 0 aliphatic heterocycles. The van der Waals surface area contributed by atoms with Crippen LogP contribution in [0, 0.1) is 22.7 Å². The van der Waals surface area contributed by atoms with E-state index >= 15 is 0 Å². The van der Waals surface area contributed by atoms with Crippen LogP contribution in [0.25, 0.3) is 82.4 Å². The van der Waals surface area contributed by atoms with Gasteiger partial charge < -0.3 is 4.57 Å². The van der Waals surface area contributed by atoms with Crippen LogP contribution < -0.4 is 0 Å². The minimum Gasteiger partial charge on any atom is -0.309 e. The second-order valence-electron chi connectivity index (χ2n) is 12.3. The average Bonchev–Trinajstić information content (AvgIpc) is 3.50. The van der Waals surface area contributed by atoms with Gasteiger partial charge in [-0.2, -0.15) is 10.5 Å². The van der Waals surface area contributed by atoms with Crippen molar-refractivity contribution in [3.63, 3.8) is 0 Å². The molecule has 49 heavy (non-hydrogen) atoms. The monoisotopic (exact) mass is 621 g/mol. The third-order valence-electron chi connectivity index (χ3n) is 9.62. The molecule has 0 saturated heterocycles. The molecule has 9 aromatic rings. The van der Waals surface area contributed by atoms with Crippen LogP contribution in [-0.4, -0.2) is 4.57 Å². The molecule has 3 heteroatoms. The molecule has 0 amide bonds. The van der Waals surface area contributed by atoms with E-state index in [1.54, 1.807) is 0 Å².